The van der Waals surface area contributed by atoms with E-state index < -0.39 is 6.10 Å². The van der Waals surface area contributed by atoms with Gasteiger partial charge >= 0.3 is 0 Å². The summed E-state index contributed by atoms with van der Waals surface area (Å²) in [5.74, 6) is -0.317. The fourth-order valence-electron chi connectivity index (χ4n) is 2.29. The predicted molar refractivity (Wildman–Crippen MR) is 68.5 cm³/mol. The standard InChI is InChI=1S/C13H16ClNO3/c14-10-3-1-8(2-4-10)13(18)15-11-5-9(7-16)12(17)6-11/h1-4,9,11-12,16-17H,5-7H2,(H,15,18)/t9-,11-,12-/m0/s1. The Morgan fingerprint density at radius 2 is 2.00 bits per heavy atom. The van der Waals surface area contributed by atoms with Crippen LogP contribution in [0.4, 0.5) is 0 Å². The number of carbonyl (C=O) groups excluding carboxylic acids is 1. The molecule has 1 amide bonds. The summed E-state index contributed by atoms with van der Waals surface area (Å²) >= 11 is 5.75. The van der Waals surface area contributed by atoms with Gasteiger partial charge in [-0.15, -0.1) is 0 Å². The molecule has 18 heavy (non-hydrogen) atoms. The number of benzene rings is 1. The summed E-state index contributed by atoms with van der Waals surface area (Å²) < 4.78 is 0. The second kappa shape index (κ2) is 5.69. The number of rotatable bonds is 3. The molecule has 5 heteroatoms. The van der Waals surface area contributed by atoms with Gasteiger partial charge in [0.1, 0.15) is 0 Å². The summed E-state index contributed by atoms with van der Waals surface area (Å²) in [7, 11) is 0. The van der Waals surface area contributed by atoms with E-state index in [1.54, 1.807) is 24.3 Å². The molecule has 0 aliphatic heterocycles. The summed E-state index contributed by atoms with van der Waals surface area (Å²) in [6.45, 7) is -0.0471. The molecule has 0 unspecified atom stereocenters. The van der Waals surface area contributed by atoms with E-state index in [9.17, 15) is 9.90 Å². The summed E-state index contributed by atoms with van der Waals surface area (Å²) in [6, 6.07) is 6.56. The first-order valence-electron chi connectivity index (χ1n) is 5.95. The van der Waals surface area contributed by atoms with E-state index in [1.807, 2.05) is 0 Å². The third-order valence-corrected chi connectivity index (χ3v) is 3.59. The molecule has 3 N–H and O–H groups in total. The quantitative estimate of drug-likeness (QED) is 0.772. The maximum Gasteiger partial charge on any atom is 0.251 e. The van der Waals surface area contributed by atoms with Crippen molar-refractivity contribution in [3.8, 4) is 0 Å². The number of carbonyl (C=O) groups is 1. The zero-order valence-corrected chi connectivity index (χ0v) is 10.6. The highest BCUT2D eigenvalue weighted by Gasteiger charge is 2.33. The summed E-state index contributed by atoms with van der Waals surface area (Å²) in [4.78, 5) is 11.9. The largest absolute Gasteiger partial charge is 0.396 e. The molecule has 1 aliphatic rings. The first kappa shape index (κ1) is 13.3. The second-order valence-electron chi connectivity index (χ2n) is 4.66. The van der Waals surface area contributed by atoms with E-state index in [0.717, 1.165) is 0 Å². The third-order valence-electron chi connectivity index (χ3n) is 3.33. The van der Waals surface area contributed by atoms with Crippen molar-refractivity contribution in [2.24, 2.45) is 5.92 Å². The molecular weight excluding hydrogens is 254 g/mol. The first-order chi connectivity index (χ1) is 8.60. The Kier molecular flexibility index (Phi) is 4.22. The Hall–Kier alpha value is -1.10. The van der Waals surface area contributed by atoms with Crippen molar-refractivity contribution in [1.29, 1.82) is 0 Å². The van der Waals surface area contributed by atoms with Crippen LogP contribution in [0.15, 0.2) is 24.3 Å². The van der Waals surface area contributed by atoms with Crippen LogP contribution < -0.4 is 5.32 Å². The smallest absolute Gasteiger partial charge is 0.251 e. The van der Waals surface area contributed by atoms with Crippen molar-refractivity contribution >= 4 is 17.5 Å². The SMILES string of the molecule is O=C(N[C@H]1C[C@@H](CO)[C@@H](O)C1)c1ccc(Cl)cc1. The highest BCUT2D eigenvalue weighted by molar-refractivity contribution is 6.30. The zero-order valence-electron chi connectivity index (χ0n) is 9.84. The van der Waals surface area contributed by atoms with Gasteiger partial charge < -0.3 is 15.5 Å². The number of hydrogen-bond acceptors (Lipinski definition) is 3. The van der Waals surface area contributed by atoms with Gasteiger partial charge in [0, 0.05) is 29.2 Å². The van der Waals surface area contributed by atoms with Crippen molar-refractivity contribution in [3.05, 3.63) is 34.9 Å². The van der Waals surface area contributed by atoms with Crippen molar-refractivity contribution in [1.82, 2.24) is 5.32 Å². The van der Waals surface area contributed by atoms with Crippen LogP contribution in [-0.2, 0) is 0 Å². The van der Waals surface area contributed by atoms with Gasteiger partial charge in [-0.3, -0.25) is 4.79 Å². The van der Waals surface area contributed by atoms with Gasteiger partial charge in [-0.05, 0) is 37.1 Å². The van der Waals surface area contributed by atoms with Crippen LogP contribution in [0, 0.1) is 5.92 Å². The molecule has 4 nitrogen and oxygen atoms in total. The molecule has 98 valence electrons. The van der Waals surface area contributed by atoms with Crippen LogP contribution in [0.25, 0.3) is 0 Å². The average molecular weight is 270 g/mol. The lowest BCUT2D eigenvalue weighted by Gasteiger charge is -2.12. The molecule has 3 atom stereocenters. The molecule has 1 fully saturated rings. The second-order valence-corrected chi connectivity index (χ2v) is 5.10. The Morgan fingerprint density at radius 3 is 2.56 bits per heavy atom. The maximum absolute atomic E-state index is 11.9. The van der Waals surface area contributed by atoms with Crippen LogP contribution in [0.3, 0.4) is 0 Å². The number of halogens is 1. The Labute approximate surface area is 111 Å². The molecule has 1 aromatic rings. The topological polar surface area (TPSA) is 69.6 Å². The van der Waals surface area contributed by atoms with Crippen LogP contribution >= 0.6 is 11.6 Å². The van der Waals surface area contributed by atoms with Crippen LogP contribution in [-0.4, -0.2) is 34.9 Å². The summed E-state index contributed by atoms with van der Waals surface area (Å²) in [5.41, 5.74) is 0.543. The van der Waals surface area contributed by atoms with Crippen LogP contribution in [0.1, 0.15) is 23.2 Å². The van der Waals surface area contributed by atoms with Gasteiger partial charge in [-0.2, -0.15) is 0 Å². The first-order valence-corrected chi connectivity index (χ1v) is 6.33. The molecule has 2 rings (SSSR count). The number of aliphatic hydroxyl groups excluding tert-OH is 2. The highest BCUT2D eigenvalue weighted by atomic mass is 35.5. The monoisotopic (exact) mass is 269 g/mol. The van der Waals surface area contributed by atoms with E-state index in [4.69, 9.17) is 16.7 Å². The van der Waals surface area contributed by atoms with Gasteiger partial charge in [-0.25, -0.2) is 0 Å². The van der Waals surface area contributed by atoms with Crippen LogP contribution in [0.5, 0.6) is 0 Å². The molecule has 0 saturated heterocycles. The van der Waals surface area contributed by atoms with Crippen LogP contribution in [0.2, 0.25) is 5.02 Å². The van der Waals surface area contributed by atoms with Crippen molar-refractivity contribution in [3.63, 3.8) is 0 Å². The molecule has 0 bridgehead atoms. The molecule has 0 radical (unpaired) electrons. The lowest BCUT2D eigenvalue weighted by molar-refractivity contribution is 0.0903. The van der Waals surface area contributed by atoms with Gasteiger partial charge in [0.05, 0.1) is 6.10 Å². The molecular formula is C13H16ClNO3. The molecule has 1 aliphatic carbocycles. The highest BCUT2D eigenvalue weighted by Crippen LogP contribution is 2.25. The van der Waals surface area contributed by atoms with Crippen molar-refractivity contribution < 1.29 is 15.0 Å². The number of amides is 1. The summed E-state index contributed by atoms with van der Waals surface area (Å²) in [5, 5.41) is 22.1. The van der Waals surface area contributed by atoms with E-state index in [2.05, 4.69) is 5.32 Å². The zero-order chi connectivity index (χ0) is 13.1. The minimum Gasteiger partial charge on any atom is -0.396 e. The Balaban J connectivity index is 1.94. The van der Waals surface area contributed by atoms with Crippen molar-refractivity contribution in [2.75, 3.05) is 6.61 Å². The molecule has 1 aromatic carbocycles. The molecule has 0 heterocycles. The molecule has 1 saturated carbocycles. The van der Waals surface area contributed by atoms with Gasteiger partial charge in [0.25, 0.3) is 5.91 Å². The lowest BCUT2D eigenvalue weighted by atomic mass is 10.1. The number of aliphatic hydroxyl groups is 2. The Bertz CT molecular complexity index is 421. The normalized spacial score (nSPS) is 27.2. The van der Waals surface area contributed by atoms with E-state index >= 15 is 0 Å². The van der Waals surface area contributed by atoms with Crippen molar-refractivity contribution in [2.45, 2.75) is 25.0 Å². The molecule has 0 aromatic heterocycles. The van der Waals surface area contributed by atoms with E-state index in [-0.39, 0.29) is 24.5 Å². The number of nitrogens with one attached hydrogen (secondary N) is 1. The Morgan fingerprint density at radius 1 is 1.33 bits per heavy atom. The summed E-state index contributed by atoms with van der Waals surface area (Å²) in [6.07, 6.45) is 0.562. The van der Waals surface area contributed by atoms with Gasteiger partial charge in [-0.1, -0.05) is 11.6 Å². The lowest BCUT2D eigenvalue weighted by Crippen LogP contribution is -2.33. The van der Waals surface area contributed by atoms with E-state index in [0.29, 0.717) is 23.4 Å². The fraction of sp³-hybridized carbons (Fsp3) is 0.462. The maximum atomic E-state index is 11.9. The van der Waals surface area contributed by atoms with Gasteiger partial charge in [0.2, 0.25) is 0 Å². The predicted octanol–water partition coefficient (Wildman–Crippen LogP) is 1.20. The fourth-order valence-corrected chi connectivity index (χ4v) is 2.41. The van der Waals surface area contributed by atoms with Gasteiger partial charge in [0.15, 0.2) is 0 Å². The van der Waals surface area contributed by atoms with E-state index in [1.165, 1.54) is 0 Å². The average Bonchev–Trinajstić information content (AvgIpc) is 2.70. The minimum absolute atomic E-state index is 0.0471. The minimum atomic E-state index is -0.537. The molecule has 0 spiro atoms. The number of hydrogen-bond donors (Lipinski definition) is 3. The third kappa shape index (κ3) is 3.02.